The number of rotatable bonds is 6. The number of amides is 1. The van der Waals surface area contributed by atoms with Gasteiger partial charge in [0.2, 0.25) is 0 Å². The van der Waals surface area contributed by atoms with E-state index in [1.165, 1.54) is 0 Å². The molecule has 0 aromatic heterocycles. The quantitative estimate of drug-likeness (QED) is 0.637. The number of carbonyl (C=O) groups is 1. The highest BCUT2D eigenvalue weighted by molar-refractivity contribution is 9.10. The van der Waals surface area contributed by atoms with E-state index in [4.69, 9.17) is 14.2 Å². The summed E-state index contributed by atoms with van der Waals surface area (Å²) in [7, 11) is 3.11. The molecule has 3 aromatic rings. The largest absolute Gasteiger partial charge is 0.497 e. The Balaban J connectivity index is 1.66. The van der Waals surface area contributed by atoms with Crippen molar-refractivity contribution < 1.29 is 19.0 Å². The van der Waals surface area contributed by atoms with Crippen molar-refractivity contribution in [1.82, 2.24) is 0 Å². The molecule has 5 nitrogen and oxygen atoms in total. The summed E-state index contributed by atoms with van der Waals surface area (Å²) in [6.07, 6.45) is 0. The molecule has 0 fully saturated rings. The maximum Gasteiger partial charge on any atom is 0.262 e. The average Bonchev–Trinajstić information content (AvgIpc) is 2.66. The smallest absolute Gasteiger partial charge is 0.262 e. The lowest BCUT2D eigenvalue weighted by molar-refractivity contribution is -0.118. The lowest BCUT2D eigenvalue weighted by atomic mass is 10.1. The average molecular weight is 416 g/mol. The molecule has 0 atom stereocenters. The molecule has 134 valence electrons. The van der Waals surface area contributed by atoms with E-state index >= 15 is 0 Å². The van der Waals surface area contributed by atoms with Crippen molar-refractivity contribution in [3.8, 4) is 17.2 Å². The minimum absolute atomic E-state index is 0.109. The normalized spacial score (nSPS) is 10.4. The van der Waals surface area contributed by atoms with E-state index in [2.05, 4.69) is 21.2 Å². The molecule has 0 saturated carbocycles. The van der Waals surface area contributed by atoms with Gasteiger partial charge in [0, 0.05) is 10.5 Å². The molecule has 0 heterocycles. The Labute approximate surface area is 160 Å². The van der Waals surface area contributed by atoms with Crippen LogP contribution in [-0.2, 0) is 4.79 Å². The van der Waals surface area contributed by atoms with Crippen LogP contribution in [0.2, 0.25) is 0 Å². The van der Waals surface area contributed by atoms with Gasteiger partial charge in [-0.25, -0.2) is 0 Å². The van der Waals surface area contributed by atoms with Gasteiger partial charge >= 0.3 is 0 Å². The highest BCUT2D eigenvalue weighted by atomic mass is 79.9. The summed E-state index contributed by atoms with van der Waals surface area (Å²) in [5.74, 6) is 1.53. The number of hydrogen-bond donors (Lipinski definition) is 1. The third-order valence-corrected chi connectivity index (χ3v) is 4.32. The lowest BCUT2D eigenvalue weighted by Crippen LogP contribution is -2.20. The van der Waals surface area contributed by atoms with E-state index in [0.717, 1.165) is 15.2 Å². The van der Waals surface area contributed by atoms with Crippen LogP contribution in [0.4, 0.5) is 5.69 Å². The van der Waals surface area contributed by atoms with Gasteiger partial charge in [-0.15, -0.1) is 0 Å². The zero-order chi connectivity index (χ0) is 18.5. The predicted molar refractivity (Wildman–Crippen MR) is 105 cm³/mol. The maximum absolute atomic E-state index is 12.2. The Hall–Kier alpha value is -2.73. The number of hydrogen-bond acceptors (Lipinski definition) is 4. The van der Waals surface area contributed by atoms with Gasteiger partial charge in [0.05, 0.1) is 19.9 Å². The first-order valence-corrected chi connectivity index (χ1v) is 8.72. The second-order valence-electron chi connectivity index (χ2n) is 5.56. The Bertz CT molecular complexity index is 942. The molecule has 0 aliphatic carbocycles. The van der Waals surface area contributed by atoms with Gasteiger partial charge in [-0.2, -0.15) is 0 Å². The summed E-state index contributed by atoms with van der Waals surface area (Å²) in [6, 6.07) is 16.9. The molecule has 0 aliphatic rings. The summed E-state index contributed by atoms with van der Waals surface area (Å²) < 4.78 is 17.1. The fraction of sp³-hybridized carbons (Fsp3) is 0.150. The van der Waals surface area contributed by atoms with Crippen molar-refractivity contribution in [1.29, 1.82) is 0 Å². The minimum Gasteiger partial charge on any atom is -0.497 e. The Morgan fingerprint density at radius 3 is 2.42 bits per heavy atom. The number of carbonyl (C=O) groups excluding carboxylic acids is 1. The van der Waals surface area contributed by atoms with Crippen LogP contribution in [0.15, 0.2) is 59.1 Å². The molecule has 0 spiro atoms. The van der Waals surface area contributed by atoms with Crippen molar-refractivity contribution in [2.75, 3.05) is 26.1 Å². The van der Waals surface area contributed by atoms with Crippen LogP contribution in [-0.4, -0.2) is 26.7 Å². The molecule has 0 saturated heterocycles. The molecular weight excluding hydrogens is 398 g/mol. The van der Waals surface area contributed by atoms with Crippen molar-refractivity contribution in [2.24, 2.45) is 0 Å². The zero-order valence-corrected chi connectivity index (χ0v) is 16.0. The fourth-order valence-electron chi connectivity index (χ4n) is 2.53. The molecule has 6 heteroatoms. The number of ether oxygens (including phenoxy) is 3. The number of benzene rings is 3. The van der Waals surface area contributed by atoms with Crippen molar-refractivity contribution in [3.63, 3.8) is 0 Å². The van der Waals surface area contributed by atoms with Gasteiger partial charge in [-0.1, -0.05) is 28.1 Å². The number of anilines is 1. The molecule has 3 rings (SSSR count). The van der Waals surface area contributed by atoms with Crippen molar-refractivity contribution >= 4 is 38.3 Å². The highest BCUT2D eigenvalue weighted by Crippen LogP contribution is 2.29. The summed E-state index contributed by atoms with van der Waals surface area (Å²) in [5.41, 5.74) is 0.531. The fourth-order valence-corrected chi connectivity index (χ4v) is 2.91. The SMILES string of the molecule is COc1ccc(OC)c(NC(=O)COc2ccc3cc(Br)ccc3c2)c1. The van der Waals surface area contributed by atoms with Gasteiger partial charge < -0.3 is 19.5 Å². The molecular formula is C20H18BrNO4. The first kappa shape index (κ1) is 18.1. The summed E-state index contributed by atoms with van der Waals surface area (Å²) in [4.78, 5) is 12.2. The van der Waals surface area contributed by atoms with Crippen molar-refractivity contribution in [3.05, 3.63) is 59.1 Å². The first-order chi connectivity index (χ1) is 12.6. The van der Waals surface area contributed by atoms with Gasteiger partial charge in [0.25, 0.3) is 5.91 Å². The zero-order valence-electron chi connectivity index (χ0n) is 14.4. The van der Waals surface area contributed by atoms with Gasteiger partial charge in [-0.3, -0.25) is 4.79 Å². The Morgan fingerprint density at radius 1 is 0.923 bits per heavy atom. The van der Waals surface area contributed by atoms with E-state index < -0.39 is 0 Å². The molecule has 0 unspecified atom stereocenters. The van der Waals surface area contributed by atoms with Crippen LogP contribution in [0.1, 0.15) is 0 Å². The number of fused-ring (bicyclic) bond motifs is 1. The van der Waals surface area contributed by atoms with Crippen molar-refractivity contribution in [2.45, 2.75) is 0 Å². The van der Waals surface area contributed by atoms with E-state index in [-0.39, 0.29) is 12.5 Å². The van der Waals surface area contributed by atoms with Crippen LogP contribution >= 0.6 is 15.9 Å². The van der Waals surface area contributed by atoms with Crippen LogP contribution in [0.3, 0.4) is 0 Å². The number of methoxy groups -OCH3 is 2. The summed E-state index contributed by atoms with van der Waals surface area (Å²) >= 11 is 3.45. The van der Waals surface area contributed by atoms with Crippen LogP contribution in [0, 0.1) is 0 Å². The molecule has 26 heavy (non-hydrogen) atoms. The predicted octanol–water partition coefficient (Wildman–Crippen LogP) is 4.64. The molecule has 3 aromatic carbocycles. The summed E-state index contributed by atoms with van der Waals surface area (Å²) in [5, 5.41) is 4.91. The molecule has 0 aliphatic heterocycles. The molecule has 1 amide bonds. The standard InChI is InChI=1S/C20H18BrNO4/c1-24-16-7-8-19(25-2)18(11-16)22-20(23)12-26-17-6-4-13-9-15(21)5-3-14(13)10-17/h3-11H,12H2,1-2H3,(H,22,23). The van der Waals surface area contributed by atoms with Crippen LogP contribution in [0.25, 0.3) is 10.8 Å². The monoisotopic (exact) mass is 415 g/mol. The molecule has 0 radical (unpaired) electrons. The van der Waals surface area contributed by atoms with E-state index in [1.807, 2.05) is 36.4 Å². The summed E-state index contributed by atoms with van der Waals surface area (Å²) in [6.45, 7) is -0.109. The van der Waals surface area contributed by atoms with Gasteiger partial charge in [0.1, 0.15) is 17.2 Å². The van der Waals surface area contributed by atoms with E-state index in [1.54, 1.807) is 32.4 Å². The third-order valence-electron chi connectivity index (χ3n) is 3.82. The second-order valence-corrected chi connectivity index (χ2v) is 6.47. The minimum atomic E-state index is -0.285. The topological polar surface area (TPSA) is 56.8 Å². The lowest BCUT2D eigenvalue weighted by Gasteiger charge is -2.12. The van der Waals surface area contributed by atoms with E-state index in [0.29, 0.717) is 22.9 Å². The van der Waals surface area contributed by atoms with Crippen LogP contribution < -0.4 is 19.5 Å². The third kappa shape index (κ3) is 4.26. The first-order valence-electron chi connectivity index (χ1n) is 7.93. The van der Waals surface area contributed by atoms with Crippen LogP contribution in [0.5, 0.6) is 17.2 Å². The number of nitrogens with one attached hydrogen (secondary N) is 1. The molecule has 1 N–H and O–H groups in total. The van der Waals surface area contributed by atoms with Gasteiger partial charge in [0.15, 0.2) is 6.61 Å². The van der Waals surface area contributed by atoms with E-state index in [9.17, 15) is 4.79 Å². The van der Waals surface area contributed by atoms with Gasteiger partial charge in [-0.05, 0) is 47.2 Å². The second kappa shape index (κ2) is 8.10. The maximum atomic E-state index is 12.2. The molecule has 0 bridgehead atoms. The Morgan fingerprint density at radius 2 is 1.65 bits per heavy atom. The highest BCUT2D eigenvalue weighted by Gasteiger charge is 2.10. The number of halogens is 1. The Kier molecular flexibility index (Phi) is 5.63.